The van der Waals surface area contributed by atoms with Crippen molar-refractivity contribution in [3.8, 4) is 0 Å². The van der Waals surface area contributed by atoms with Crippen molar-refractivity contribution in [3.05, 3.63) is 18.0 Å². The largest absolute Gasteiger partial charge is 0.382 e. The van der Waals surface area contributed by atoms with Crippen LogP contribution in [-0.2, 0) is 0 Å². The van der Waals surface area contributed by atoms with Crippen molar-refractivity contribution in [3.63, 3.8) is 0 Å². The summed E-state index contributed by atoms with van der Waals surface area (Å²) in [6, 6.07) is 2.30. The van der Waals surface area contributed by atoms with Crippen molar-refractivity contribution in [2.45, 2.75) is 18.9 Å². The van der Waals surface area contributed by atoms with E-state index in [1.165, 1.54) is 0 Å². The molecule has 2 heterocycles. The molecular formula is C12H20N6. The molecule has 0 spiro atoms. The summed E-state index contributed by atoms with van der Waals surface area (Å²) < 4.78 is 0. The molecule has 6 nitrogen and oxygen atoms in total. The van der Waals surface area contributed by atoms with Gasteiger partial charge in [-0.15, -0.1) is 0 Å². The van der Waals surface area contributed by atoms with Crippen molar-refractivity contribution < 1.29 is 0 Å². The van der Waals surface area contributed by atoms with E-state index < -0.39 is 0 Å². The highest BCUT2D eigenvalue weighted by Gasteiger charge is 2.22. The van der Waals surface area contributed by atoms with Gasteiger partial charge < -0.3 is 15.5 Å². The van der Waals surface area contributed by atoms with E-state index in [-0.39, 0.29) is 5.84 Å². The first kappa shape index (κ1) is 12.8. The second-order valence-corrected chi connectivity index (χ2v) is 4.84. The van der Waals surface area contributed by atoms with Crippen molar-refractivity contribution in [1.82, 2.24) is 14.9 Å². The van der Waals surface area contributed by atoms with Gasteiger partial charge in [0.25, 0.3) is 0 Å². The Morgan fingerprint density at radius 2 is 2.11 bits per heavy atom. The van der Waals surface area contributed by atoms with Gasteiger partial charge in [-0.2, -0.15) is 0 Å². The van der Waals surface area contributed by atoms with Crippen LogP contribution in [0.4, 0.5) is 5.95 Å². The topological polar surface area (TPSA) is 82.1 Å². The number of hydrogen-bond donors (Lipinski definition) is 2. The Morgan fingerprint density at radius 3 is 2.67 bits per heavy atom. The molecule has 1 fully saturated rings. The number of amidine groups is 1. The molecule has 18 heavy (non-hydrogen) atoms. The zero-order valence-electron chi connectivity index (χ0n) is 10.9. The second-order valence-electron chi connectivity index (χ2n) is 4.84. The van der Waals surface area contributed by atoms with E-state index in [1.54, 1.807) is 12.3 Å². The van der Waals surface area contributed by atoms with Gasteiger partial charge in [0.05, 0.1) is 0 Å². The molecule has 0 aliphatic carbocycles. The predicted octanol–water partition coefficient (Wildman–Crippen LogP) is 0.291. The summed E-state index contributed by atoms with van der Waals surface area (Å²) >= 11 is 0. The highest BCUT2D eigenvalue weighted by Crippen LogP contribution is 2.18. The van der Waals surface area contributed by atoms with Gasteiger partial charge in [0.15, 0.2) is 0 Å². The molecular weight excluding hydrogens is 228 g/mol. The smallest absolute Gasteiger partial charge is 0.225 e. The number of nitrogens with zero attached hydrogens (tertiary/aromatic N) is 4. The molecule has 2 rings (SSSR count). The molecule has 3 N–H and O–H groups in total. The Labute approximate surface area is 107 Å². The molecule has 1 aromatic rings. The van der Waals surface area contributed by atoms with Gasteiger partial charge in [-0.3, -0.25) is 5.41 Å². The van der Waals surface area contributed by atoms with Gasteiger partial charge in [0.2, 0.25) is 5.95 Å². The van der Waals surface area contributed by atoms with Gasteiger partial charge >= 0.3 is 0 Å². The fourth-order valence-corrected chi connectivity index (χ4v) is 2.23. The summed E-state index contributed by atoms with van der Waals surface area (Å²) in [4.78, 5) is 13.0. The summed E-state index contributed by atoms with van der Waals surface area (Å²) in [5.74, 6) is 0.668. The van der Waals surface area contributed by atoms with E-state index >= 15 is 0 Å². The van der Waals surface area contributed by atoms with Gasteiger partial charge in [0.1, 0.15) is 11.5 Å². The first-order valence-corrected chi connectivity index (χ1v) is 6.16. The predicted molar refractivity (Wildman–Crippen MR) is 72.0 cm³/mol. The number of piperidine rings is 1. The molecule has 1 aliphatic heterocycles. The Morgan fingerprint density at radius 1 is 1.44 bits per heavy atom. The first-order valence-electron chi connectivity index (χ1n) is 6.16. The summed E-state index contributed by atoms with van der Waals surface area (Å²) in [7, 11) is 4.24. The normalized spacial score (nSPS) is 17.2. The lowest BCUT2D eigenvalue weighted by molar-refractivity contribution is 0.249. The minimum atomic E-state index is -0.0122. The lowest BCUT2D eigenvalue weighted by Gasteiger charge is -2.35. The molecule has 0 unspecified atom stereocenters. The van der Waals surface area contributed by atoms with Crippen LogP contribution < -0.4 is 10.6 Å². The third kappa shape index (κ3) is 2.76. The maximum Gasteiger partial charge on any atom is 0.225 e. The average Bonchev–Trinajstić information content (AvgIpc) is 2.39. The Bertz CT molecular complexity index is 422. The second kappa shape index (κ2) is 5.30. The third-order valence-corrected chi connectivity index (χ3v) is 3.40. The molecule has 0 saturated carbocycles. The molecule has 0 amide bonds. The molecule has 0 atom stereocenters. The van der Waals surface area contributed by atoms with E-state index in [0.29, 0.717) is 17.7 Å². The summed E-state index contributed by atoms with van der Waals surface area (Å²) in [5.41, 5.74) is 5.94. The summed E-state index contributed by atoms with van der Waals surface area (Å²) in [6.45, 7) is 1.90. The number of hydrogen-bond acceptors (Lipinski definition) is 5. The standard InChI is InChI=1S/C12H20N6/c1-17(2)9-4-7-18(8-5-9)12-15-6-3-10(16-12)11(13)14/h3,6,9H,4-5,7-8H2,1-2H3,(H3,13,14). The van der Waals surface area contributed by atoms with E-state index in [4.69, 9.17) is 11.1 Å². The number of aromatic nitrogens is 2. The van der Waals surface area contributed by atoms with Crippen LogP contribution >= 0.6 is 0 Å². The highest BCUT2D eigenvalue weighted by molar-refractivity contribution is 5.93. The lowest BCUT2D eigenvalue weighted by Crippen LogP contribution is -2.42. The van der Waals surface area contributed by atoms with Gasteiger partial charge in [-0.05, 0) is 33.0 Å². The minimum absolute atomic E-state index is 0.0122. The molecule has 1 aliphatic rings. The van der Waals surface area contributed by atoms with Crippen molar-refractivity contribution in [2.75, 3.05) is 32.1 Å². The summed E-state index contributed by atoms with van der Waals surface area (Å²) in [5, 5.41) is 7.40. The number of nitrogens with two attached hydrogens (primary N) is 1. The van der Waals surface area contributed by atoms with Crippen LogP contribution in [0.5, 0.6) is 0 Å². The van der Waals surface area contributed by atoms with Crippen molar-refractivity contribution >= 4 is 11.8 Å². The molecule has 1 saturated heterocycles. The average molecular weight is 248 g/mol. The molecule has 98 valence electrons. The van der Waals surface area contributed by atoms with Crippen LogP contribution in [-0.4, -0.2) is 53.9 Å². The quantitative estimate of drug-likeness (QED) is 0.593. The van der Waals surface area contributed by atoms with Crippen LogP contribution in [0, 0.1) is 5.41 Å². The minimum Gasteiger partial charge on any atom is -0.382 e. The monoisotopic (exact) mass is 248 g/mol. The zero-order valence-corrected chi connectivity index (χ0v) is 10.9. The Hall–Kier alpha value is -1.69. The first-order chi connectivity index (χ1) is 8.58. The van der Waals surface area contributed by atoms with Crippen LogP contribution in [0.2, 0.25) is 0 Å². The van der Waals surface area contributed by atoms with Crippen molar-refractivity contribution in [2.24, 2.45) is 5.73 Å². The Balaban J connectivity index is 2.05. The van der Waals surface area contributed by atoms with Gasteiger partial charge in [0, 0.05) is 25.3 Å². The number of nitrogen functional groups attached to an aromatic ring is 1. The fraction of sp³-hybridized carbons (Fsp3) is 0.583. The Kier molecular flexibility index (Phi) is 3.76. The van der Waals surface area contributed by atoms with E-state index in [0.717, 1.165) is 25.9 Å². The number of anilines is 1. The summed E-state index contributed by atoms with van der Waals surface area (Å²) in [6.07, 6.45) is 3.89. The fourth-order valence-electron chi connectivity index (χ4n) is 2.23. The molecule has 0 aromatic carbocycles. The number of rotatable bonds is 3. The van der Waals surface area contributed by atoms with Gasteiger partial charge in [-0.25, -0.2) is 9.97 Å². The highest BCUT2D eigenvalue weighted by atomic mass is 15.3. The van der Waals surface area contributed by atoms with Crippen LogP contribution in [0.3, 0.4) is 0 Å². The molecule has 1 aromatic heterocycles. The lowest BCUT2D eigenvalue weighted by atomic mass is 10.0. The maximum atomic E-state index is 7.40. The van der Waals surface area contributed by atoms with Crippen LogP contribution in [0.25, 0.3) is 0 Å². The van der Waals surface area contributed by atoms with E-state index in [9.17, 15) is 0 Å². The zero-order chi connectivity index (χ0) is 13.1. The maximum absolute atomic E-state index is 7.40. The molecule has 0 bridgehead atoms. The van der Waals surface area contributed by atoms with Crippen LogP contribution in [0.1, 0.15) is 18.5 Å². The number of nitrogens with one attached hydrogen (secondary N) is 1. The van der Waals surface area contributed by atoms with E-state index in [2.05, 4.69) is 33.9 Å². The SMILES string of the molecule is CN(C)C1CCN(c2nccc(C(=N)N)n2)CC1. The molecule has 0 radical (unpaired) electrons. The van der Waals surface area contributed by atoms with E-state index in [1.807, 2.05) is 0 Å². The third-order valence-electron chi connectivity index (χ3n) is 3.40. The van der Waals surface area contributed by atoms with Gasteiger partial charge in [-0.1, -0.05) is 0 Å². The van der Waals surface area contributed by atoms with Crippen molar-refractivity contribution in [1.29, 1.82) is 5.41 Å². The van der Waals surface area contributed by atoms with Crippen LogP contribution in [0.15, 0.2) is 12.3 Å². The molecule has 6 heteroatoms.